The highest BCUT2D eigenvalue weighted by atomic mass is 79.9. The predicted octanol–water partition coefficient (Wildman–Crippen LogP) is 1.79. The average Bonchev–Trinajstić information content (AvgIpc) is 3.18. The SMILES string of the molecule is COc1ccc(C2C3C(=O)N(c4ccc(Br)cc4)C(=O)C3ON2CC(N)=O)cc1. The second-order valence-electron chi connectivity index (χ2n) is 6.80. The first-order chi connectivity index (χ1) is 13.9. The van der Waals surface area contributed by atoms with Crippen molar-refractivity contribution in [2.75, 3.05) is 18.6 Å². The lowest BCUT2D eigenvalue weighted by atomic mass is 9.91. The molecule has 9 heteroatoms. The van der Waals surface area contributed by atoms with Gasteiger partial charge in [0.1, 0.15) is 12.3 Å². The lowest BCUT2D eigenvalue weighted by Crippen LogP contribution is -2.40. The Labute approximate surface area is 175 Å². The van der Waals surface area contributed by atoms with Crippen LogP contribution in [-0.2, 0) is 19.2 Å². The van der Waals surface area contributed by atoms with Crippen molar-refractivity contribution in [2.45, 2.75) is 12.1 Å². The van der Waals surface area contributed by atoms with Crippen LogP contribution in [-0.4, -0.2) is 42.5 Å². The summed E-state index contributed by atoms with van der Waals surface area (Å²) in [5.41, 5.74) is 6.53. The molecule has 0 aromatic heterocycles. The van der Waals surface area contributed by atoms with Crippen molar-refractivity contribution in [3.05, 3.63) is 58.6 Å². The van der Waals surface area contributed by atoms with E-state index in [1.54, 1.807) is 55.6 Å². The average molecular weight is 460 g/mol. The summed E-state index contributed by atoms with van der Waals surface area (Å²) in [4.78, 5) is 44.7. The van der Waals surface area contributed by atoms with E-state index < -0.39 is 29.9 Å². The number of methoxy groups -OCH3 is 1. The Morgan fingerprint density at radius 2 is 1.76 bits per heavy atom. The van der Waals surface area contributed by atoms with Crippen LogP contribution in [0.25, 0.3) is 0 Å². The molecular formula is C20H18BrN3O5. The van der Waals surface area contributed by atoms with Crippen molar-refractivity contribution in [1.29, 1.82) is 0 Å². The van der Waals surface area contributed by atoms with Crippen LogP contribution in [0.5, 0.6) is 5.75 Å². The van der Waals surface area contributed by atoms with E-state index in [1.165, 1.54) is 5.06 Å². The molecule has 4 rings (SSSR count). The molecule has 0 radical (unpaired) electrons. The number of hydrogen-bond donors (Lipinski definition) is 1. The van der Waals surface area contributed by atoms with E-state index in [4.69, 9.17) is 15.3 Å². The van der Waals surface area contributed by atoms with Gasteiger partial charge in [0.25, 0.3) is 5.91 Å². The van der Waals surface area contributed by atoms with E-state index in [9.17, 15) is 14.4 Å². The zero-order valence-corrected chi connectivity index (χ0v) is 17.0. The van der Waals surface area contributed by atoms with Crippen LogP contribution in [0, 0.1) is 5.92 Å². The maximum absolute atomic E-state index is 13.3. The minimum Gasteiger partial charge on any atom is -0.497 e. The summed E-state index contributed by atoms with van der Waals surface area (Å²) in [5.74, 6) is -1.61. The van der Waals surface area contributed by atoms with Gasteiger partial charge in [-0.05, 0) is 42.0 Å². The summed E-state index contributed by atoms with van der Waals surface area (Å²) in [6.45, 7) is -0.234. The van der Waals surface area contributed by atoms with Gasteiger partial charge in [0.15, 0.2) is 6.10 Å². The molecule has 2 aromatic carbocycles. The fourth-order valence-electron chi connectivity index (χ4n) is 3.78. The van der Waals surface area contributed by atoms with Gasteiger partial charge >= 0.3 is 0 Å². The molecule has 150 valence electrons. The van der Waals surface area contributed by atoms with E-state index in [-0.39, 0.29) is 12.5 Å². The van der Waals surface area contributed by atoms with Gasteiger partial charge in [-0.25, -0.2) is 4.90 Å². The third kappa shape index (κ3) is 3.41. The van der Waals surface area contributed by atoms with Gasteiger partial charge in [-0.2, -0.15) is 5.06 Å². The molecule has 3 amide bonds. The van der Waals surface area contributed by atoms with Crippen molar-refractivity contribution < 1.29 is 24.0 Å². The summed E-state index contributed by atoms with van der Waals surface area (Å²) < 4.78 is 6.01. The summed E-state index contributed by atoms with van der Waals surface area (Å²) >= 11 is 3.34. The van der Waals surface area contributed by atoms with Gasteiger partial charge in [0.2, 0.25) is 11.8 Å². The van der Waals surface area contributed by atoms with Crippen LogP contribution >= 0.6 is 15.9 Å². The number of nitrogens with zero attached hydrogens (tertiary/aromatic N) is 2. The molecule has 8 nitrogen and oxygen atoms in total. The van der Waals surface area contributed by atoms with E-state index in [1.807, 2.05) is 0 Å². The number of hydrogen-bond acceptors (Lipinski definition) is 6. The summed E-state index contributed by atoms with van der Waals surface area (Å²) in [5, 5.41) is 1.33. The number of nitrogens with two attached hydrogens (primary N) is 1. The number of amides is 3. The van der Waals surface area contributed by atoms with E-state index in [2.05, 4.69) is 15.9 Å². The van der Waals surface area contributed by atoms with Crippen molar-refractivity contribution in [2.24, 2.45) is 11.7 Å². The summed E-state index contributed by atoms with van der Waals surface area (Å²) in [6.07, 6.45) is -1.02. The van der Waals surface area contributed by atoms with Crippen molar-refractivity contribution in [3.63, 3.8) is 0 Å². The molecule has 2 aliphatic heterocycles. The lowest BCUT2D eigenvalue weighted by molar-refractivity contribution is -0.175. The smallest absolute Gasteiger partial charge is 0.265 e. The third-order valence-corrected chi connectivity index (χ3v) is 5.58. The highest BCUT2D eigenvalue weighted by Gasteiger charge is 2.60. The number of fused-ring (bicyclic) bond motifs is 1. The largest absolute Gasteiger partial charge is 0.497 e. The molecule has 3 unspecified atom stereocenters. The van der Waals surface area contributed by atoms with Gasteiger partial charge in [-0.3, -0.25) is 19.2 Å². The van der Waals surface area contributed by atoms with E-state index >= 15 is 0 Å². The van der Waals surface area contributed by atoms with Gasteiger partial charge in [-0.15, -0.1) is 0 Å². The topological polar surface area (TPSA) is 102 Å². The quantitative estimate of drug-likeness (QED) is 0.683. The van der Waals surface area contributed by atoms with Gasteiger partial charge in [-0.1, -0.05) is 28.1 Å². The molecular weight excluding hydrogens is 442 g/mol. The number of ether oxygens (including phenoxy) is 1. The van der Waals surface area contributed by atoms with Crippen LogP contribution in [0.15, 0.2) is 53.0 Å². The Hall–Kier alpha value is -2.75. The highest BCUT2D eigenvalue weighted by Crippen LogP contribution is 2.45. The van der Waals surface area contributed by atoms with Crippen LogP contribution in [0.4, 0.5) is 5.69 Å². The molecule has 2 N–H and O–H groups in total. The molecule has 29 heavy (non-hydrogen) atoms. The van der Waals surface area contributed by atoms with Crippen LogP contribution in [0.3, 0.4) is 0 Å². The first-order valence-electron chi connectivity index (χ1n) is 8.89. The Morgan fingerprint density at radius 3 is 2.34 bits per heavy atom. The number of primary amides is 1. The molecule has 2 heterocycles. The Morgan fingerprint density at radius 1 is 1.10 bits per heavy atom. The van der Waals surface area contributed by atoms with Crippen molar-refractivity contribution in [3.8, 4) is 5.75 Å². The normalized spacial score (nSPS) is 24.1. The predicted molar refractivity (Wildman–Crippen MR) is 107 cm³/mol. The Balaban J connectivity index is 1.71. The van der Waals surface area contributed by atoms with Crippen LogP contribution < -0.4 is 15.4 Å². The van der Waals surface area contributed by atoms with E-state index in [0.717, 1.165) is 14.9 Å². The molecule has 3 atom stereocenters. The number of imide groups is 1. The molecule has 0 aliphatic carbocycles. The zero-order chi connectivity index (χ0) is 20.7. The number of anilines is 1. The first kappa shape index (κ1) is 19.6. The fraction of sp³-hybridized carbons (Fsp3) is 0.250. The van der Waals surface area contributed by atoms with Crippen molar-refractivity contribution in [1.82, 2.24) is 5.06 Å². The van der Waals surface area contributed by atoms with Crippen LogP contribution in [0.1, 0.15) is 11.6 Å². The maximum Gasteiger partial charge on any atom is 0.265 e. The number of rotatable bonds is 5. The molecule has 0 bridgehead atoms. The molecule has 2 aromatic rings. The van der Waals surface area contributed by atoms with Gasteiger partial charge in [0.05, 0.1) is 24.8 Å². The molecule has 2 aliphatic rings. The molecule has 2 fully saturated rings. The highest BCUT2D eigenvalue weighted by molar-refractivity contribution is 9.10. The first-order valence-corrected chi connectivity index (χ1v) is 9.69. The zero-order valence-electron chi connectivity index (χ0n) is 15.4. The van der Waals surface area contributed by atoms with E-state index in [0.29, 0.717) is 11.4 Å². The number of benzene rings is 2. The fourth-order valence-corrected chi connectivity index (χ4v) is 4.04. The second-order valence-corrected chi connectivity index (χ2v) is 7.72. The second kappa shape index (κ2) is 7.58. The number of halogens is 1. The maximum atomic E-state index is 13.3. The molecule has 2 saturated heterocycles. The monoisotopic (exact) mass is 459 g/mol. The number of hydroxylamine groups is 2. The lowest BCUT2D eigenvalue weighted by Gasteiger charge is -2.26. The minimum absolute atomic E-state index is 0.234. The molecule has 0 saturated carbocycles. The van der Waals surface area contributed by atoms with Crippen molar-refractivity contribution >= 4 is 39.3 Å². The molecule has 0 spiro atoms. The number of carbonyl (C=O) groups is 3. The third-order valence-electron chi connectivity index (χ3n) is 5.05. The Kier molecular flexibility index (Phi) is 5.12. The Bertz CT molecular complexity index is 963. The minimum atomic E-state index is -1.02. The number of carbonyl (C=O) groups excluding carboxylic acids is 3. The van der Waals surface area contributed by atoms with Gasteiger partial charge in [0, 0.05) is 4.47 Å². The van der Waals surface area contributed by atoms with Crippen LogP contribution in [0.2, 0.25) is 0 Å². The summed E-state index contributed by atoms with van der Waals surface area (Å²) in [7, 11) is 1.55. The summed E-state index contributed by atoms with van der Waals surface area (Å²) in [6, 6.07) is 13.3. The van der Waals surface area contributed by atoms with Gasteiger partial charge < -0.3 is 10.5 Å². The standard InChI is InChI=1S/C20H18BrN3O5/c1-28-14-8-2-11(3-9-14)17-16-18(29-23(17)10-15(22)25)20(27)24(19(16)26)13-6-4-12(21)5-7-13/h2-9,16-18H,10H2,1H3,(H2,22,25).